The quantitative estimate of drug-likeness (QED) is 0.663. The maximum absolute atomic E-state index is 12.9. The number of anilines is 1. The van der Waals surface area contributed by atoms with Crippen molar-refractivity contribution >= 4 is 39.4 Å². The molecule has 0 atom stereocenters. The van der Waals surface area contributed by atoms with E-state index in [1.807, 2.05) is 4.90 Å². The topological polar surface area (TPSA) is 87.7 Å². The Labute approximate surface area is 200 Å². The van der Waals surface area contributed by atoms with Crippen LogP contribution in [-0.4, -0.2) is 70.4 Å². The molecule has 0 radical (unpaired) electrons. The number of carbonyl (C=O) groups excluding carboxylic acids is 2. The largest absolute Gasteiger partial charge is 0.444 e. The van der Waals surface area contributed by atoms with E-state index in [0.29, 0.717) is 42.2 Å². The summed E-state index contributed by atoms with van der Waals surface area (Å²) in [5, 5.41) is 3.33. The lowest BCUT2D eigenvalue weighted by molar-refractivity contribution is -0.132. The van der Waals surface area contributed by atoms with Gasteiger partial charge in [0.1, 0.15) is 22.6 Å². The lowest BCUT2D eigenvalue weighted by Crippen LogP contribution is -2.53. The summed E-state index contributed by atoms with van der Waals surface area (Å²) in [4.78, 5) is 37.7. The smallest absolute Gasteiger partial charge is 0.408 e. The number of halogens is 3. The summed E-state index contributed by atoms with van der Waals surface area (Å²) in [5.74, 6) is 0.477. The summed E-state index contributed by atoms with van der Waals surface area (Å²) in [5.41, 5.74) is -1.43. The zero-order chi connectivity index (χ0) is 25.3. The Morgan fingerprint density at radius 2 is 1.74 bits per heavy atom. The molecular formula is C22H30F3N5O3S. The Bertz CT molecular complexity index is 1040. The zero-order valence-electron chi connectivity index (χ0n) is 20.0. The molecule has 0 unspecified atom stereocenters. The highest BCUT2D eigenvalue weighted by Gasteiger charge is 2.32. The summed E-state index contributed by atoms with van der Waals surface area (Å²) >= 11 is 1.02. The Kier molecular flexibility index (Phi) is 7.30. The first-order valence-electron chi connectivity index (χ1n) is 11.0. The van der Waals surface area contributed by atoms with E-state index in [-0.39, 0.29) is 17.2 Å². The summed E-state index contributed by atoms with van der Waals surface area (Å²) in [6, 6.07) is 1.51. The van der Waals surface area contributed by atoms with Crippen LogP contribution < -0.4 is 10.2 Å². The minimum Gasteiger partial charge on any atom is -0.444 e. The molecule has 1 saturated heterocycles. The highest BCUT2D eigenvalue weighted by atomic mass is 32.1. The molecule has 1 aliphatic heterocycles. The van der Waals surface area contributed by atoms with Gasteiger partial charge in [0.25, 0.3) is 0 Å². The Morgan fingerprint density at radius 3 is 2.32 bits per heavy atom. The second kappa shape index (κ2) is 9.55. The number of thiophene rings is 1. The third-order valence-electron chi connectivity index (χ3n) is 5.10. The molecule has 2 aromatic rings. The standard InChI is InChI=1S/C22H30F3N5O3S/c1-20(2,3)33-19(32)28-21(4,5)12-16(31)29-6-8-30(9-7-29)17-15-10-14(11-22(23,24)25)34-18(15)27-13-26-17/h10,13H,6-9,11-12H2,1-5H3,(H,28,32). The van der Waals surface area contributed by atoms with Crippen LogP contribution >= 0.6 is 11.3 Å². The molecule has 0 aromatic carbocycles. The lowest BCUT2D eigenvalue weighted by Gasteiger charge is -2.37. The Hall–Kier alpha value is -2.63. The second-order valence-electron chi connectivity index (χ2n) is 9.98. The van der Waals surface area contributed by atoms with Crippen LogP contribution in [0.5, 0.6) is 0 Å². The molecule has 2 aromatic heterocycles. The van der Waals surface area contributed by atoms with E-state index in [1.54, 1.807) is 39.5 Å². The number of carbonyl (C=O) groups is 2. The van der Waals surface area contributed by atoms with Crippen molar-refractivity contribution in [3.05, 3.63) is 17.3 Å². The molecule has 0 aliphatic carbocycles. The molecule has 12 heteroatoms. The SMILES string of the molecule is CC(C)(CC(=O)N1CCN(c2ncnc3sc(CC(F)(F)F)cc23)CC1)NC(=O)OC(C)(C)C. The maximum Gasteiger partial charge on any atom is 0.408 e. The molecule has 0 bridgehead atoms. The van der Waals surface area contributed by atoms with Crippen LogP contribution in [0.1, 0.15) is 45.9 Å². The number of amides is 2. The minimum atomic E-state index is -4.29. The van der Waals surface area contributed by atoms with Gasteiger partial charge < -0.3 is 19.9 Å². The van der Waals surface area contributed by atoms with Crippen LogP contribution in [0.4, 0.5) is 23.8 Å². The number of piperazine rings is 1. The van der Waals surface area contributed by atoms with E-state index >= 15 is 0 Å². The van der Waals surface area contributed by atoms with Crippen molar-refractivity contribution in [3.63, 3.8) is 0 Å². The number of hydrogen-bond acceptors (Lipinski definition) is 7. The van der Waals surface area contributed by atoms with Crippen LogP contribution in [0.2, 0.25) is 0 Å². The molecule has 0 spiro atoms. The monoisotopic (exact) mass is 501 g/mol. The molecule has 3 rings (SSSR count). The average molecular weight is 502 g/mol. The Balaban J connectivity index is 1.60. The first kappa shape index (κ1) is 26.0. The molecule has 188 valence electrons. The van der Waals surface area contributed by atoms with Crippen molar-refractivity contribution in [1.82, 2.24) is 20.2 Å². The Morgan fingerprint density at radius 1 is 1.09 bits per heavy atom. The van der Waals surface area contributed by atoms with E-state index in [1.165, 1.54) is 12.4 Å². The van der Waals surface area contributed by atoms with Crippen molar-refractivity contribution in [3.8, 4) is 0 Å². The molecule has 34 heavy (non-hydrogen) atoms. The van der Waals surface area contributed by atoms with Crippen LogP contribution in [0, 0.1) is 0 Å². The number of nitrogens with zero attached hydrogens (tertiary/aromatic N) is 4. The predicted molar refractivity (Wildman–Crippen MR) is 124 cm³/mol. The second-order valence-corrected chi connectivity index (χ2v) is 11.1. The van der Waals surface area contributed by atoms with Crippen LogP contribution in [-0.2, 0) is 16.0 Å². The van der Waals surface area contributed by atoms with Gasteiger partial charge in [-0.05, 0) is 40.7 Å². The molecular weight excluding hydrogens is 471 g/mol. The number of aromatic nitrogens is 2. The average Bonchev–Trinajstić information content (AvgIpc) is 3.06. The van der Waals surface area contributed by atoms with E-state index in [2.05, 4.69) is 15.3 Å². The van der Waals surface area contributed by atoms with E-state index in [0.717, 1.165) is 11.3 Å². The molecule has 2 amide bonds. The van der Waals surface area contributed by atoms with Gasteiger partial charge in [-0.1, -0.05) is 0 Å². The fraction of sp³-hybridized carbons (Fsp3) is 0.636. The fourth-order valence-electron chi connectivity index (χ4n) is 3.71. The van der Waals surface area contributed by atoms with Crippen LogP contribution in [0.15, 0.2) is 12.4 Å². The highest BCUT2D eigenvalue weighted by molar-refractivity contribution is 7.18. The molecule has 3 heterocycles. The molecule has 1 aliphatic rings. The van der Waals surface area contributed by atoms with Gasteiger partial charge in [0.05, 0.1) is 11.8 Å². The van der Waals surface area contributed by atoms with Gasteiger partial charge in [-0.2, -0.15) is 13.2 Å². The van der Waals surface area contributed by atoms with Crippen molar-refractivity contribution in [2.24, 2.45) is 0 Å². The van der Waals surface area contributed by atoms with E-state index < -0.39 is 29.8 Å². The fourth-order valence-corrected chi connectivity index (χ4v) is 4.73. The number of fused-ring (bicyclic) bond motifs is 1. The summed E-state index contributed by atoms with van der Waals surface area (Å²) in [6.07, 6.45) is -4.40. The molecule has 1 N–H and O–H groups in total. The first-order chi connectivity index (χ1) is 15.6. The summed E-state index contributed by atoms with van der Waals surface area (Å²) in [7, 11) is 0. The maximum atomic E-state index is 12.9. The number of nitrogens with one attached hydrogen (secondary N) is 1. The summed E-state index contributed by atoms with van der Waals surface area (Å²) in [6.45, 7) is 10.7. The molecule has 1 fully saturated rings. The number of ether oxygens (including phenoxy) is 1. The van der Waals surface area contributed by atoms with Gasteiger partial charge in [0, 0.05) is 43.0 Å². The number of alkyl carbamates (subject to hydrolysis) is 1. The van der Waals surface area contributed by atoms with Gasteiger partial charge in [-0.15, -0.1) is 11.3 Å². The molecule has 0 saturated carbocycles. The van der Waals surface area contributed by atoms with E-state index in [4.69, 9.17) is 4.74 Å². The van der Waals surface area contributed by atoms with Gasteiger partial charge in [0.15, 0.2) is 0 Å². The number of alkyl halides is 3. The van der Waals surface area contributed by atoms with Gasteiger partial charge in [-0.25, -0.2) is 14.8 Å². The first-order valence-corrected chi connectivity index (χ1v) is 11.8. The third kappa shape index (κ3) is 7.18. The van der Waals surface area contributed by atoms with Crippen molar-refractivity contribution in [1.29, 1.82) is 0 Å². The van der Waals surface area contributed by atoms with E-state index in [9.17, 15) is 22.8 Å². The number of hydrogen-bond donors (Lipinski definition) is 1. The zero-order valence-corrected chi connectivity index (χ0v) is 20.8. The highest BCUT2D eigenvalue weighted by Crippen LogP contribution is 2.34. The van der Waals surface area contributed by atoms with Crippen molar-refractivity contribution < 1.29 is 27.5 Å². The summed E-state index contributed by atoms with van der Waals surface area (Å²) < 4.78 is 43.7. The predicted octanol–water partition coefficient (Wildman–Crippen LogP) is 4.14. The third-order valence-corrected chi connectivity index (χ3v) is 6.14. The molecule has 8 nitrogen and oxygen atoms in total. The van der Waals surface area contributed by atoms with Crippen molar-refractivity contribution in [2.45, 2.75) is 64.8 Å². The minimum absolute atomic E-state index is 0.100. The number of rotatable bonds is 5. The van der Waals surface area contributed by atoms with Crippen molar-refractivity contribution in [2.75, 3.05) is 31.1 Å². The van der Waals surface area contributed by atoms with Crippen LogP contribution in [0.25, 0.3) is 10.2 Å². The van der Waals surface area contributed by atoms with Crippen LogP contribution in [0.3, 0.4) is 0 Å². The van der Waals surface area contributed by atoms with Gasteiger partial charge >= 0.3 is 12.3 Å². The van der Waals surface area contributed by atoms with Gasteiger partial charge in [0.2, 0.25) is 5.91 Å². The normalized spacial score (nSPS) is 15.5. The van der Waals surface area contributed by atoms with Gasteiger partial charge in [-0.3, -0.25) is 4.79 Å². The lowest BCUT2D eigenvalue weighted by atomic mass is 10.00.